The smallest absolute Gasteiger partial charge is 0.488 e. The largest absolute Gasteiger partial charge is 0.508 e. The molecule has 38 heavy (non-hydrogen) atoms. The number of allylic oxidation sites excluding steroid dienone is 6. The second-order valence-corrected chi connectivity index (χ2v) is 10.8. The van der Waals surface area contributed by atoms with Crippen LogP contribution in [0.15, 0.2) is 81.9 Å². The van der Waals surface area contributed by atoms with Gasteiger partial charge in [-0.25, -0.2) is 0 Å². The first-order valence-corrected chi connectivity index (χ1v) is 13.0. The number of phenolic OH excluding ortho intramolecular Hbond substituents is 1. The minimum atomic E-state index is -1.76. The number of imide groups is 1. The molecule has 10 heteroatoms. The minimum absolute atomic E-state index is 0.0108. The monoisotopic (exact) mass is 573 g/mol. The second kappa shape index (κ2) is 9.01. The molecule has 0 aromatic heterocycles. The van der Waals surface area contributed by atoms with Crippen LogP contribution in [-0.2, 0) is 19.2 Å². The molecule has 1 aliphatic heterocycles. The van der Waals surface area contributed by atoms with Crippen LogP contribution in [0.2, 0.25) is 0 Å². The molecule has 8 nitrogen and oxygen atoms in total. The van der Waals surface area contributed by atoms with E-state index in [2.05, 4.69) is 15.9 Å². The molecule has 6 rings (SSSR count). The Hall–Kier alpha value is -3.60. The van der Waals surface area contributed by atoms with Gasteiger partial charge in [-0.15, -0.1) is 0 Å². The number of ketones is 2. The molecule has 2 aromatic carbocycles. The van der Waals surface area contributed by atoms with Gasteiger partial charge >= 0.3 is 7.12 Å². The molecule has 190 valence electrons. The number of amides is 2. The number of nitrogens with zero attached hydrogens (tertiary/aromatic N) is 1. The molecule has 3 N–H and O–H groups in total. The van der Waals surface area contributed by atoms with Crippen LogP contribution in [0.3, 0.4) is 0 Å². The number of rotatable bonds is 3. The standard InChI is InChI=1S/C28H21BBrNO7/c30-21-12-22(33)25-20(26(21)34)11-19-17(23(25)13-3-1-6-16(32)9-13)7-8-18-24(19)28(36)31(27(18)35)15-5-2-4-14(10-15)29(37)38/h1-7,9-10,12,18-19,23-24,32,37-38H,8,11H2/t18-,19+,23-,24-/m0/s1. The molecular formula is C28H21BBrNO7. The molecule has 1 fully saturated rings. The van der Waals surface area contributed by atoms with Crippen molar-refractivity contribution in [3.63, 3.8) is 0 Å². The Morgan fingerprint density at radius 1 is 0.947 bits per heavy atom. The summed E-state index contributed by atoms with van der Waals surface area (Å²) in [5, 5.41) is 29.4. The summed E-state index contributed by atoms with van der Waals surface area (Å²) in [6.07, 6.45) is 3.57. The number of hydrogen-bond donors (Lipinski definition) is 3. The number of carbonyl (C=O) groups is 4. The highest BCUT2D eigenvalue weighted by Crippen LogP contribution is 2.55. The molecule has 0 radical (unpaired) electrons. The minimum Gasteiger partial charge on any atom is -0.508 e. The van der Waals surface area contributed by atoms with Gasteiger partial charge in [0.1, 0.15) is 5.75 Å². The van der Waals surface area contributed by atoms with Crippen molar-refractivity contribution in [2.24, 2.45) is 17.8 Å². The first kappa shape index (κ1) is 24.7. The van der Waals surface area contributed by atoms with Gasteiger partial charge in [0.25, 0.3) is 0 Å². The second-order valence-electron chi connectivity index (χ2n) is 9.97. The Morgan fingerprint density at radius 2 is 1.71 bits per heavy atom. The topological polar surface area (TPSA) is 132 Å². The zero-order chi connectivity index (χ0) is 26.9. The summed E-state index contributed by atoms with van der Waals surface area (Å²) in [6.45, 7) is 0. The van der Waals surface area contributed by atoms with Gasteiger partial charge in [-0.3, -0.25) is 24.1 Å². The Balaban J connectivity index is 1.47. The predicted octanol–water partition coefficient (Wildman–Crippen LogP) is 2.04. The summed E-state index contributed by atoms with van der Waals surface area (Å²) < 4.78 is 0.144. The van der Waals surface area contributed by atoms with E-state index in [9.17, 15) is 34.3 Å². The van der Waals surface area contributed by atoms with Crippen molar-refractivity contribution in [1.29, 1.82) is 0 Å². The zero-order valence-corrected chi connectivity index (χ0v) is 21.5. The Kier molecular flexibility index (Phi) is 5.86. The SMILES string of the molecule is O=C1C=C(Br)C(=O)C2=C1[C@@H](c1cccc(O)c1)C1=CC[C@@H]3C(=O)N(c4cccc(B(O)O)c4)C(=O)[C@@H]3[C@@H]1C2. The van der Waals surface area contributed by atoms with Crippen LogP contribution < -0.4 is 10.4 Å². The molecule has 3 aliphatic carbocycles. The van der Waals surface area contributed by atoms with E-state index in [0.29, 0.717) is 16.7 Å². The van der Waals surface area contributed by atoms with E-state index in [1.807, 2.05) is 6.08 Å². The number of anilines is 1. The first-order valence-electron chi connectivity index (χ1n) is 12.2. The molecule has 0 unspecified atom stereocenters. The number of aromatic hydroxyl groups is 1. The van der Waals surface area contributed by atoms with E-state index in [1.54, 1.807) is 30.3 Å². The van der Waals surface area contributed by atoms with E-state index >= 15 is 0 Å². The van der Waals surface area contributed by atoms with Gasteiger partial charge in [0.2, 0.25) is 11.8 Å². The van der Waals surface area contributed by atoms with E-state index in [-0.39, 0.29) is 51.7 Å². The number of benzene rings is 2. The van der Waals surface area contributed by atoms with Crippen molar-refractivity contribution in [1.82, 2.24) is 0 Å². The number of carbonyl (C=O) groups excluding carboxylic acids is 4. The summed E-state index contributed by atoms with van der Waals surface area (Å²) in [6, 6.07) is 12.5. The van der Waals surface area contributed by atoms with Crippen molar-refractivity contribution in [3.8, 4) is 5.75 Å². The van der Waals surface area contributed by atoms with Crippen LogP contribution in [0, 0.1) is 17.8 Å². The van der Waals surface area contributed by atoms with Gasteiger partial charge in [0.15, 0.2) is 11.6 Å². The third kappa shape index (κ3) is 3.66. The van der Waals surface area contributed by atoms with Crippen molar-refractivity contribution in [2.45, 2.75) is 18.8 Å². The number of Topliss-reactive ketones (excluding diaryl/α,β-unsaturated/α-hetero) is 1. The molecule has 2 aromatic rings. The molecule has 0 saturated carbocycles. The number of fused-ring (bicyclic) bond motifs is 3. The van der Waals surface area contributed by atoms with Crippen LogP contribution in [0.1, 0.15) is 24.3 Å². The molecule has 0 bridgehead atoms. The van der Waals surface area contributed by atoms with E-state index < -0.39 is 36.7 Å². The van der Waals surface area contributed by atoms with Crippen molar-refractivity contribution < 1.29 is 34.3 Å². The van der Waals surface area contributed by atoms with Gasteiger partial charge in [-0.1, -0.05) is 35.9 Å². The Morgan fingerprint density at radius 3 is 2.45 bits per heavy atom. The van der Waals surface area contributed by atoms with Crippen molar-refractivity contribution in [3.05, 3.63) is 87.4 Å². The maximum atomic E-state index is 13.9. The maximum Gasteiger partial charge on any atom is 0.488 e. The Bertz CT molecular complexity index is 1540. The average Bonchev–Trinajstić information content (AvgIpc) is 3.15. The van der Waals surface area contributed by atoms with Crippen LogP contribution >= 0.6 is 15.9 Å². The highest BCUT2D eigenvalue weighted by Gasteiger charge is 2.56. The van der Waals surface area contributed by atoms with E-state index in [4.69, 9.17) is 0 Å². The van der Waals surface area contributed by atoms with Crippen LogP contribution in [0.4, 0.5) is 5.69 Å². The van der Waals surface area contributed by atoms with Crippen LogP contribution in [0.5, 0.6) is 5.75 Å². The van der Waals surface area contributed by atoms with Crippen molar-refractivity contribution >= 4 is 57.6 Å². The third-order valence-corrected chi connectivity index (χ3v) is 8.55. The average molecular weight is 574 g/mol. The van der Waals surface area contributed by atoms with Crippen LogP contribution in [-0.4, -0.2) is 45.7 Å². The Labute approximate surface area is 226 Å². The molecule has 4 atom stereocenters. The summed E-state index contributed by atoms with van der Waals surface area (Å²) in [5.74, 6) is -4.01. The first-order chi connectivity index (χ1) is 18.2. The zero-order valence-electron chi connectivity index (χ0n) is 19.9. The highest BCUT2D eigenvalue weighted by atomic mass is 79.9. The van der Waals surface area contributed by atoms with Gasteiger partial charge in [0, 0.05) is 23.1 Å². The fourth-order valence-corrected chi connectivity index (χ4v) is 6.82. The molecule has 4 aliphatic rings. The molecule has 0 spiro atoms. The summed E-state index contributed by atoms with van der Waals surface area (Å²) >= 11 is 3.20. The normalized spacial score (nSPS) is 26.6. The molecule has 1 saturated heterocycles. The molecule has 1 heterocycles. The lowest BCUT2D eigenvalue weighted by Crippen LogP contribution is -2.39. The fourth-order valence-electron chi connectivity index (χ4n) is 6.37. The summed E-state index contributed by atoms with van der Waals surface area (Å²) in [4.78, 5) is 55.0. The van der Waals surface area contributed by atoms with Crippen molar-refractivity contribution in [2.75, 3.05) is 4.90 Å². The summed E-state index contributed by atoms with van der Waals surface area (Å²) in [5.41, 5.74) is 2.45. The highest BCUT2D eigenvalue weighted by molar-refractivity contribution is 9.12. The number of hydrogen-bond acceptors (Lipinski definition) is 7. The van der Waals surface area contributed by atoms with Crippen LogP contribution in [0.25, 0.3) is 0 Å². The van der Waals surface area contributed by atoms with E-state index in [1.165, 1.54) is 24.3 Å². The van der Waals surface area contributed by atoms with Gasteiger partial charge in [-0.05, 0) is 70.0 Å². The lowest BCUT2D eigenvalue weighted by Gasteiger charge is -2.42. The quantitative estimate of drug-likeness (QED) is 0.221. The number of phenols is 1. The van der Waals surface area contributed by atoms with Gasteiger partial charge in [0.05, 0.1) is 22.0 Å². The molecule has 2 amide bonds. The fraction of sp³-hybridized carbons (Fsp3) is 0.214. The molecular weight excluding hydrogens is 553 g/mol. The number of halogens is 1. The van der Waals surface area contributed by atoms with Gasteiger partial charge in [-0.2, -0.15) is 0 Å². The maximum absolute atomic E-state index is 13.9. The van der Waals surface area contributed by atoms with E-state index in [0.717, 1.165) is 10.5 Å². The summed E-state index contributed by atoms with van der Waals surface area (Å²) in [7, 11) is -1.76. The lowest BCUT2D eigenvalue weighted by atomic mass is 9.59. The lowest BCUT2D eigenvalue weighted by molar-refractivity contribution is -0.123. The predicted molar refractivity (Wildman–Crippen MR) is 141 cm³/mol. The third-order valence-electron chi connectivity index (χ3n) is 7.96. The van der Waals surface area contributed by atoms with Gasteiger partial charge < -0.3 is 15.2 Å².